The maximum atomic E-state index is 11.9. The van der Waals surface area contributed by atoms with Gasteiger partial charge in [0.15, 0.2) is 11.3 Å². The Morgan fingerprint density at radius 3 is 1.40 bits per heavy atom. The Hall–Kier alpha value is -5.32. The molecule has 0 saturated heterocycles. The molecule has 5 aromatic rings. The number of hydrogen-bond donors (Lipinski definition) is 3. The van der Waals surface area contributed by atoms with Gasteiger partial charge in [-0.25, -0.2) is 39.3 Å². The Bertz CT molecular complexity index is 1590. The normalized spacial score (nSPS) is 11.0. The number of carbonyl (C=O) groups is 3. The van der Waals surface area contributed by atoms with Crippen molar-refractivity contribution in [1.82, 2.24) is 24.9 Å². The quantitative estimate of drug-likeness (QED) is 0.345. The van der Waals surface area contributed by atoms with Crippen LogP contribution < -0.4 is 0 Å². The summed E-state index contributed by atoms with van der Waals surface area (Å²) in [5, 5.41) is 29.6. The molecule has 0 aliphatic rings. The van der Waals surface area contributed by atoms with Gasteiger partial charge in [0.2, 0.25) is 0 Å². The zero-order valence-corrected chi connectivity index (χ0v) is 17.6. The van der Waals surface area contributed by atoms with Crippen molar-refractivity contribution in [3.05, 3.63) is 77.6 Å². The van der Waals surface area contributed by atoms with Crippen LogP contribution in [-0.4, -0.2) is 58.1 Å². The van der Waals surface area contributed by atoms with E-state index in [1.807, 2.05) is 0 Å². The third-order valence-corrected chi connectivity index (χ3v) is 5.23. The Morgan fingerprint density at radius 2 is 1.00 bits per heavy atom. The van der Waals surface area contributed by atoms with Gasteiger partial charge in [-0.05, 0) is 48.5 Å². The van der Waals surface area contributed by atoms with Crippen molar-refractivity contribution in [3.63, 3.8) is 0 Å². The smallest absolute Gasteiger partial charge is 0.336 e. The molecule has 5 rings (SSSR count). The molecule has 0 aromatic carbocycles. The van der Waals surface area contributed by atoms with Crippen LogP contribution in [0.2, 0.25) is 0 Å². The molecule has 5 aromatic heterocycles. The summed E-state index contributed by atoms with van der Waals surface area (Å²) < 4.78 is 0. The lowest BCUT2D eigenvalue weighted by Gasteiger charge is -2.10. The molecule has 0 saturated carbocycles. The van der Waals surface area contributed by atoms with E-state index in [2.05, 4.69) is 24.9 Å². The number of hydrogen-bond acceptors (Lipinski definition) is 8. The molecule has 0 bridgehead atoms. The SMILES string of the molecule is O=C(O)c1cc(-c2cc(C(=O)O)c3cccnc3n2)nc(-c2cc(C(=O)O)c3cccnc3n2)c1. The summed E-state index contributed by atoms with van der Waals surface area (Å²) in [6, 6.07) is 11.3. The van der Waals surface area contributed by atoms with E-state index in [4.69, 9.17) is 0 Å². The van der Waals surface area contributed by atoms with E-state index in [1.165, 1.54) is 36.7 Å². The number of aromatic nitrogens is 5. The second-order valence-corrected chi connectivity index (χ2v) is 7.40. The van der Waals surface area contributed by atoms with E-state index in [0.717, 1.165) is 0 Å². The zero-order valence-electron chi connectivity index (χ0n) is 17.6. The molecule has 0 fully saturated rings. The van der Waals surface area contributed by atoms with Crippen molar-refractivity contribution >= 4 is 40.0 Å². The van der Waals surface area contributed by atoms with Crippen LogP contribution in [0.25, 0.3) is 44.8 Å². The fraction of sp³-hybridized carbons (Fsp3) is 0. The van der Waals surface area contributed by atoms with Gasteiger partial charge in [0.1, 0.15) is 0 Å². The average Bonchev–Trinajstić information content (AvgIpc) is 2.86. The highest BCUT2D eigenvalue weighted by molar-refractivity contribution is 6.04. The standard InChI is InChI=1S/C24H13N5O6/c30-22(31)11-7-16(18-9-14(23(32)33)12-3-1-5-25-20(12)28-18)27-17(8-11)19-10-15(24(34)35)13-4-2-6-26-21(13)29-19/h1-10H,(H,30,31)(H,32,33)(H,34,35). The molecule has 11 heteroatoms. The molecule has 170 valence electrons. The van der Waals surface area contributed by atoms with Crippen LogP contribution >= 0.6 is 0 Å². The highest BCUT2D eigenvalue weighted by atomic mass is 16.4. The first-order chi connectivity index (χ1) is 16.8. The van der Waals surface area contributed by atoms with Gasteiger partial charge in [-0.3, -0.25) is 0 Å². The number of nitrogens with zero attached hydrogens (tertiary/aromatic N) is 5. The second kappa shape index (κ2) is 8.23. The van der Waals surface area contributed by atoms with Gasteiger partial charge < -0.3 is 15.3 Å². The lowest BCUT2D eigenvalue weighted by Crippen LogP contribution is -2.05. The van der Waals surface area contributed by atoms with Crippen molar-refractivity contribution in [2.45, 2.75) is 0 Å². The molecular formula is C24H13N5O6. The van der Waals surface area contributed by atoms with E-state index in [9.17, 15) is 29.7 Å². The van der Waals surface area contributed by atoms with Crippen molar-refractivity contribution in [2.24, 2.45) is 0 Å². The second-order valence-electron chi connectivity index (χ2n) is 7.40. The van der Waals surface area contributed by atoms with E-state index in [0.29, 0.717) is 10.8 Å². The molecule has 11 nitrogen and oxygen atoms in total. The zero-order chi connectivity index (χ0) is 24.7. The Kier molecular flexibility index (Phi) is 5.06. The Balaban J connectivity index is 1.77. The first-order valence-corrected chi connectivity index (χ1v) is 10.1. The third-order valence-electron chi connectivity index (χ3n) is 5.23. The number of aromatic carboxylic acids is 3. The van der Waals surface area contributed by atoms with Gasteiger partial charge in [-0.2, -0.15) is 0 Å². The van der Waals surface area contributed by atoms with Gasteiger partial charge in [-0.15, -0.1) is 0 Å². The minimum atomic E-state index is -1.27. The average molecular weight is 467 g/mol. The fourth-order valence-corrected chi connectivity index (χ4v) is 3.65. The maximum absolute atomic E-state index is 11.9. The van der Waals surface area contributed by atoms with E-state index < -0.39 is 17.9 Å². The molecule has 0 atom stereocenters. The molecular weight excluding hydrogens is 454 g/mol. The molecule has 0 aliphatic carbocycles. The van der Waals surface area contributed by atoms with Gasteiger partial charge in [0.25, 0.3) is 0 Å². The molecule has 0 aliphatic heterocycles. The number of carboxylic acid groups (broad SMARTS) is 3. The summed E-state index contributed by atoms with van der Waals surface area (Å²) in [4.78, 5) is 56.9. The highest BCUT2D eigenvalue weighted by Gasteiger charge is 2.19. The van der Waals surface area contributed by atoms with Crippen LogP contribution in [0.1, 0.15) is 31.1 Å². The molecule has 35 heavy (non-hydrogen) atoms. The summed E-state index contributed by atoms with van der Waals surface area (Å²) in [7, 11) is 0. The van der Waals surface area contributed by atoms with Crippen LogP contribution in [0.4, 0.5) is 0 Å². The minimum Gasteiger partial charge on any atom is -0.478 e. The van der Waals surface area contributed by atoms with Crippen molar-refractivity contribution in [1.29, 1.82) is 0 Å². The van der Waals surface area contributed by atoms with Crippen molar-refractivity contribution in [2.75, 3.05) is 0 Å². The largest absolute Gasteiger partial charge is 0.478 e. The summed E-state index contributed by atoms with van der Waals surface area (Å²) in [6.45, 7) is 0. The van der Waals surface area contributed by atoms with Crippen LogP contribution in [0.5, 0.6) is 0 Å². The minimum absolute atomic E-state index is 0.0507. The molecule has 0 amide bonds. The van der Waals surface area contributed by atoms with E-state index in [1.54, 1.807) is 24.3 Å². The first kappa shape index (κ1) is 21.5. The molecule has 3 N–H and O–H groups in total. The van der Waals surface area contributed by atoms with Crippen LogP contribution in [0.3, 0.4) is 0 Å². The van der Waals surface area contributed by atoms with E-state index >= 15 is 0 Å². The van der Waals surface area contributed by atoms with Gasteiger partial charge >= 0.3 is 17.9 Å². The van der Waals surface area contributed by atoms with Gasteiger partial charge in [0.05, 0.1) is 39.5 Å². The summed E-state index contributed by atoms with van der Waals surface area (Å²) in [6.07, 6.45) is 2.91. The first-order valence-electron chi connectivity index (χ1n) is 10.1. The molecule has 5 heterocycles. The predicted molar refractivity (Wildman–Crippen MR) is 122 cm³/mol. The lowest BCUT2D eigenvalue weighted by atomic mass is 10.0. The Morgan fingerprint density at radius 1 is 0.571 bits per heavy atom. The highest BCUT2D eigenvalue weighted by Crippen LogP contribution is 2.28. The molecule has 0 radical (unpaired) electrons. The predicted octanol–water partition coefficient (Wildman–Crippen LogP) is 3.40. The van der Waals surface area contributed by atoms with Gasteiger partial charge in [-0.1, -0.05) is 0 Å². The topological polar surface area (TPSA) is 176 Å². The summed E-state index contributed by atoms with van der Waals surface area (Å²) in [5.74, 6) is -3.70. The van der Waals surface area contributed by atoms with E-state index in [-0.39, 0.29) is 50.8 Å². The number of carboxylic acids is 3. The molecule has 0 unspecified atom stereocenters. The summed E-state index contributed by atoms with van der Waals surface area (Å²) >= 11 is 0. The number of pyridine rings is 5. The fourth-order valence-electron chi connectivity index (χ4n) is 3.65. The van der Waals surface area contributed by atoms with Crippen LogP contribution in [-0.2, 0) is 0 Å². The monoisotopic (exact) mass is 467 g/mol. The lowest BCUT2D eigenvalue weighted by molar-refractivity contribution is 0.0686. The Labute approximate surface area is 195 Å². The van der Waals surface area contributed by atoms with Gasteiger partial charge in [0, 0.05) is 23.2 Å². The third kappa shape index (κ3) is 3.86. The van der Waals surface area contributed by atoms with Crippen molar-refractivity contribution in [3.8, 4) is 22.8 Å². The number of fused-ring (bicyclic) bond motifs is 2. The van der Waals surface area contributed by atoms with Crippen LogP contribution in [0.15, 0.2) is 60.9 Å². The summed E-state index contributed by atoms with van der Waals surface area (Å²) in [5.41, 5.74) is 0.215. The molecule has 0 spiro atoms. The van der Waals surface area contributed by atoms with Crippen molar-refractivity contribution < 1.29 is 29.7 Å². The maximum Gasteiger partial charge on any atom is 0.336 e. The number of rotatable bonds is 5. The van der Waals surface area contributed by atoms with Crippen LogP contribution in [0, 0.1) is 0 Å².